The topological polar surface area (TPSA) is 0 Å². The highest BCUT2D eigenvalue weighted by Gasteiger charge is 2.22. The summed E-state index contributed by atoms with van der Waals surface area (Å²) < 4.78 is 42.1. The van der Waals surface area contributed by atoms with Gasteiger partial charge in [0.2, 0.25) is 0 Å². The van der Waals surface area contributed by atoms with Crippen LogP contribution in [0.5, 0.6) is 0 Å². The van der Waals surface area contributed by atoms with Gasteiger partial charge in [0, 0.05) is 0 Å². The van der Waals surface area contributed by atoms with Crippen LogP contribution in [0, 0.1) is 23.4 Å². The van der Waals surface area contributed by atoms with Crippen LogP contribution in [0.15, 0.2) is 54.6 Å². The zero-order valence-electron chi connectivity index (χ0n) is 22.6. The smallest absolute Gasteiger partial charge is 0.145 e. The van der Waals surface area contributed by atoms with Gasteiger partial charge < -0.3 is 0 Å². The van der Waals surface area contributed by atoms with Crippen molar-refractivity contribution in [3.8, 4) is 0 Å². The Morgan fingerprint density at radius 3 is 1.97 bits per heavy atom. The van der Waals surface area contributed by atoms with Crippen molar-refractivity contribution >= 4 is 11.6 Å². The quantitative estimate of drug-likeness (QED) is 0.158. The molecular formula is C34H40ClF3. The van der Waals surface area contributed by atoms with E-state index >= 15 is 0 Å². The van der Waals surface area contributed by atoms with Gasteiger partial charge in [-0.05, 0) is 122 Å². The molecular weight excluding hydrogens is 501 g/mol. The zero-order valence-corrected chi connectivity index (χ0v) is 23.3. The molecule has 1 aliphatic carbocycles. The van der Waals surface area contributed by atoms with E-state index in [2.05, 4.69) is 31.2 Å². The molecule has 0 atom stereocenters. The van der Waals surface area contributed by atoms with E-state index in [1.165, 1.54) is 81.0 Å². The summed E-state index contributed by atoms with van der Waals surface area (Å²) in [6.45, 7) is 2.25. The van der Waals surface area contributed by atoms with Gasteiger partial charge in [0.1, 0.15) is 22.5 Å². The Hall–Kier alpha value is -2.26. The monoisotopic (exact) mass is 540 g/mol. The highest BCUT2D eigenvalue weighted by atomic mass is 35.5. The van der Waals surface area contributed by atoms with Gasteiger partial charge in [0.25, 0.3) is 0 Å². The minimum atomic E-state index is -0.780. The van der Waals surface area contributed by atoms with Crippen LogP contribution in [-0.4, -0.2) is 0 Å². The molecule has 1 saturated carbocycles. The zero-order chi connectivity index (χ0) is 26.9. The van der Waals surface area contributed by atoms with Gasteiger partial charge in [-0.15, -0.1) is 0 Å². The van der Waals surface area contributed by atoms with Gasteiger partial charge in [-0.25, -0.2) is 13.2 Å². The van der Waals surface area contributed by atoms with Crippen LogP contribution in [0.25, 0.3) is 0 Å². The molecule has 0 aromatic heterocycles. The Morgan fingerprint density at radius 1 is 0.658 bits per heavy atom. The van der Waals surface area contributed by atoms with Crippen LogP contribution in [0.2, 0.25) is 5.02 Å². The first kappa shape index (κ1) is 28.7. The van der Waals surface area contributed by atoms with Gasteiger partial charge in [-0.2, -0.15) is 0 Å². The first-order valence-electron chi connectivity index (χ1n) is 14.4. The maximum absolute atomic E-state index is 14.7. The number of benzene rings is 3. The fourth-order valence-electron chi connectivity index (χ4n) is 5.85. The molecule has 4 rings (SSSR count). The summed E-state index contributed by atoms with van der Waals surface area (Å²) in [6.07, 6.45) is 14.1. The molecule has 4 heteroatoms. The van der Waals surface area contributed by atoms with Crippen molar-refractivity contribution in [2.75, 3.05) is 0 Å². The summed E-state index contributed by atoms with van der Waals surface area (Å²) in [6, 6.07) is 17.3. The Kier molecular flexibility index (Phi) is 10.8. The molecule has 0 unspecified atom stereocenters. The van der Waals surface area contributed by atoms with Gasteiger partial charge >= 0.3 is 0 Å². The minimum absolute atomic E-state index is 0.241. The standard InChI is InChI=1S/C34H40ClF3/c1-2-3-4-5-6-24-9-15-28(16-10-24)29-17-11-25(12-18-29)7-8-26-13-19-30(31(36)21-26)20-14-27-22-32(37)34(35)33(38)23-27/h9-10,13,15-16,19,21-23,25,29H,2-8,11-12,14,17-18,20H2,1H3/t25-,29-. The average Bonchev–Trinajstić information content (AvgIpc) is 2.93. The maximum atomic E-state index is 14.7. The van der Waals surface area contributed by atoms with Crippen molar-refractivity contribution in [1.82, 2.24) is 0 Å². The van der Waals surface area contributed by atoms with Crippen LogP contribution >= 0.6 is 11.6 Å². The van der Waals surface area contributed by atoms with Gasteiger partial charge in [-0.1, -0.05) is 74.2 Å². The second kappa shape index (κ2) is 14.2. The summed E-state index contributed by atoms with van der Waals surface area (Å²) in [4.78, 5) is 0. The third-order valence-electron chi connectivity index (χ3n) is 8.30. The van der Waals surface area contributed by atoms with E-state index in [0.29, 0.717) is 35.8 Å². The molecule has 38 heavy (non-hydrogen) atoms. The molecule has 0 N–H and O–H groups in total. The number of halogens is 4. The first-order chi connectivity index (χ1) is 18.4. The van der Waals surface area contributed by atoms with Crippen LogP contribution in [0.3, 0.4) is 0 Å². The molecule has 3 aromatic carbocycles. The van der Waals surface area contributed by atoms with Gasteiger partial charge in [-0.3, -0.25) is 0 Å². The van der Waals surface area contributed by atoms with Crippen molar-refractivity contribution in [1.29, 1.82) is 0 Å². The van der Waals surface area contributed by atoms with E-state index in [1.807, 2.05) is 12.1 Å². The lowest BCUT2D eigenvalue weighted by atomic mass is 9.76. The normalized spacial score (nSPS) is 17.6. The summed E-state index contributed by atoms with van der Waals surface area (Å²) >= 11 is 5.55. The fourth-order valence-corrected chi connectivity index (χ4v) is 5.96. The molecule has 0 heterocycles. The van der Waals surface area contributed by atoms with E-state index in [-0.39, 0.29) is 5.82 Å². The van der Waals surface area contributed by atoms with E-state index in [0.717, 1.165) is 18.4 Å². The number of unbranched alkanes of at least 4 members (excludes halogenated alkanes) is 3. The third kappa shape index (κ3) is 8.12. The molecule has 0 spiro atoms. The molecule has 0 saturated heterocycles. The summed E-state index contributed by atoms with van der Waals surface area (Å²) in [5.74, 6) is -0.439. The Balaban J connectivity index is 1.20. The highest BCUT2D eigenvalue weighted by molar-refractivity contribution is 6.30. The highest BCUT2D eigenvalue weighted by Crippen LogP contribution is 2.37. The third-order valence-corrected chi connectivity index (χ3v) is 8.66. The minimum Gasteiger partial charge on any atom is -0.207 e. The average molecular weight is 541 g/mol. The van der Waals surface area contributed by atoms with Crippen LogP contribution < -0.4 is 0 Å². The predicted molar refractivity (Wildman–Crippen MR) is 152 cm³/mol. The largest absolute Gasteiger partial charge is 0.207 e. The van der Waals surface area contributed by atoms with Crippen LogP contribution in [-0.2, 0) is 25.7 Å². The number of rotatable bonds is 12. The molecule has 0 nitrogen and oxygen atoms in total. The van der Waals surface area contributed by atoms with E-state index in [4.69, 9.17) is 11.6 Å². The second-order valence-corrected chi connectivity index (χ2v) is 11.5. The molecule has 1 aliphatic rings. The van der Waals surface area contributed by atoms with Crippen molar-refractivity contribution in [2.45, 2.75) is 96.3 Å². The maximum Gasteiger partial charge on any atom is 0.145 e. The van der Waals surface area contributed by atoms with Crippen LogP contribution in [0.1, 0.15) is 98.4 Å². The summed E-state index contributed by atoms with van der Waals surface area (Å²) in [7, 11) is 0. The Morgan fingerprint density at radius 2 is 1.32 bits per heavy atom. The molecule has 0 aliphatic heterocycles. The van der Waals surface area contributed by atoms with Crippen molar-refractivity contribution < 1.29 is 13.2 Å². The van der Waals surface area contributed by atoms with Crippen LogP contribution in [0.4, 0.5) is 13.2 Å². The second-order valence-electron chi connectivity index (χ2n) is 11.1. The van der Waals surface area contributed by atoms with Crippen molar-refractivity contribution in [3.63, 3.8) is 0 Å². The first-order valence-corrected chi connectivity index (χ1v) is 14.8. The molecule has 0 bridgehead atoms. The lowest BCUT2D eigenvalue weighted by molar-refractivity contribution is 0.310. The molecule has 3 aromatic rings. The van der Waals surface area contributed by atoms with Crippen molar-refractivity contribution in [3.05, 3.63) is 105 Å². The number of hydrogen-bond donors (Lipinski definition) is 0. The van der Waals surface area contributed by atoms with Crippen molar-refractivity contribution in [2.24, 2.45) is 5.92 Å². The van der Waals surface area contributed by atoms with E-state index in [1.54, 1.807) is 6.07 Å². The predicted octanol–water partition coefficient (Wildman–Crippen LogP) is 10.6. The lowest BCUT2D eigenvalue weighted by Gasteiger charge is -2.29. The van der Waals surface area contributed by atoms with E-state index in [9.17, 15) is 13.2 Å². The molecule has 0 amide bonds. The fraction of sp³-hybridized carbons (Fsp3) is 0.471. The number of hydrogen-bond acceptors (Lipinski definition) is 0. The Bertz CT molecular complexity index is 1140. The molecule has 0 radical (unpaired) electrons. The SMILES string of the molecule is CCCCCCc1ccc([C@H]2CC[C@H](CCc3ccc(CCc4cc(F)c(Cl)c(F)c4)c(F)c3)CC2)cc1. The van der Waals surface area contributed by atoms with Gasteiger partial charge in [0.15, 0.2) is 0 Å². The number of aryl methyl sites for hydroxylation is 4. The summed E-state index contributed by atoms with van der Waals surface area (Å²) in [5.41, 5.74) is 5.01. The van der Waals surface area contributed by atoms with E-state index < -0.39 is 16.7 Å². The molecule has 1 fully saturated rings. The molecule has 204 valence electrons. The lowest BCUT2D eigenvalue weighted by Crippen LogP contribution is -2.14. The van der Waals surface area contributed by atoms with Gasteiger partial charge in [0.05, 0.1) is 0 Å². The summed E-state index contributed by atoms with van der Waals surface area (Å²) in [5, 5.41) is -0.500. The Labute approximate surface area is 231 Å².